The molecule has 0 aliphatic carbocycles. The topological polar surface area (TPSA) is 68.3 Å². The van der Waals surface area contributed by atoms with E-state index in [0.717, 1.165) is 24.1 Å². The second-order valence-electron chi connectivity index (χ2n) is 9.06. The number of anilines is 1. The summed E-state index contributed by atoms with van der Waals surface area (Å²) in [5.41, 5.74) is -3.44. The van der Waals surface area contributed by atoms with Gasteiger partial charge in [0.15, 0.2) is 0 Å². The minimum absolute atomic E-state index is 0.0336. The van der Waals surface area contributed by atoms with Crippen LogP contribution in [0.4, 0.5) is 50.0 Å². The molecule has 2 unspecified atom stereocenters. The van der Waals surface area contributed by atoms with E-state index >= 15 is 0 Å². The van der Waals surface area contributed by atoms with Crippen molar-refractivity contribution in [3.63, 3.8) is 0 Å². The summed E-state index contributed by atoms with van der Waals surface area (Å²) in [5, 5.41) is 0. The predicted molar refractivity (Wildman–Crippen MR) is 124 cm³/mol. The maximum absolute atomic E-state index is 13.4. The van der Waals surface area contributed by atoms with Crippen molar-refractivity contribution in [3.8, 4) is 5.75 Å². The van der Waals surface area contributed by atoms with Gasteiger partial charge in [0.2, 0.25) is 0 Å². The summed E-state index contributed by atoms with van der Waals surface area (Å²) in [6.45, 7) is 1.04. The number of nitrogens with zero attached hydrogens (tertiary/aromatic N) is 2. The van der Waals surface area contributed by atoms with E-state index in [1.807, 2.05) is 0 Å². The van der Waals surface area contributed by atoms with E-state index < -0.39 is 65.9 Å². The van der Waals surface area contributed by atoms with Gasteiger partial charge in [0.05, 0.1) is 30.3 Å². The van der Waals surface area contributed by atoms with E-state index in [-0.39, 0.29) is 43.4 Å². The number of carbonyl (C=O) groups is 2. The van der Waals surface area contributed by atoms with Crippen LogP contribution in [0.1, 0.15) is 41.6 Å². The van der Waals surface area contributed by atoms with Gasteiger partial charge in [-0.05, 0) is 55.3 Å². The number of fused-ring (bicyclic) bond motifs is 1. The Morgan fingerprint density at radius 2 is 1.63 bits per heavy atom. The Labute approximate surface area is 227 Å². The maximum atomic E-state index is 13.4. The zero-order valence-corrected chi connectivity index (χ0v) is 21.4. The molecular weight excluding hydrogens is 579 g/mol. The van der Waals surface area contributed by atoms with Crippen LogP contribution in [0.3, 0.4) is 0 Å². The first kappa shape index (κ1) is 31.7. The van der Waals surface area contributed by atoms with Crippen molar-refractivity contribution in [1.29, 1.82) is 0 Å². The molecule has 41 heavy (non-hydrogen) atoms. The van der Waals surface area contributed by atoms with Crippen LogP contribution in [-0.4, -0.2) is 50.1 Å². The summed E-state index contributed by atoms with van der Waals surface area (Å²) in [6.07, 6.45) is -16.6. The van der Waals surface area contributed by atoms with Crippen molar-refractivity contribution < 1.29 is 63.3 Å². The number of benzene rings is 2. The van der Waals surface area contributed by atoms with Crippen molar-refractivity contribution in [2.75, 3.05) is 25.2 Å². The SMILES string of the molecule is COC(=O)N(Cc1cc(C(F)(F)F)cc(C(F)(F)F)c1)C1CCN(C(C)COC=O)c2ccc(OC(F)(F)F)cc21. The zero-order chi connectivity index (χ0) is 30.8. The van der Waals surface area contributed by atoms with Crippen LogP contribution in [0.25, 0.3) is 0 Å². The Morgan fingerprint density at radius 3 is 2.15 bits per heavy atom. The Kier molecular flexibility index (Phi) is 9.23. The molecule has 0 fully saturated rings. The third-order valence-electron chi connectivity index (χ3n) is 6.27. The van der Waals surface area contributed by atoms with Crippen molar-refractivity contribution in [2.24, 2.45) is 0 Å². The summed E-state index contributed by atoms with van der Waals surface area (Å²) >= 11 is 0. The molecule has 2 atom stereocenters. The van der Waals surface area contributed by atoms with Crippen molar-refractivity contribution >= 4 is 18.3 Å². The van der Waals surface area contributed by atoms with Crippen LogP contribution >= 0.6 is 0 Å². The van der Waals surface area contributed by atoms with Gasteiger partial charge in [-0.25, -0.2) is 4.79 Å². The van der Waals surface area contributed by atoms with Crippen LogP contribution in [0.5, 0.6) is 5.75 Å². The van der Waals surface area contributed by atoms with Gasteiger partial charge in [-0.2, -0.15) is 26.3 Å². The van der Waals surface area contributed by atoms with Crippen molar-refractivity contribution in [1.82, 2.24) is 4.90 Å². The van der Waals surface area contributed by atoms with Crippen molar-refractivity contribution in [3.05, 3.63) is 58.7 Å². The number of rotatable bonds is 8. The molecule has 16 heteroatoms. The fraction of sp³-hybridized carbons (Fsp3) is 0.440. The van der Waals surface area contributed by atoms with E-state index in [1.54, 1.807) is 11.8 Å². The standard InChI is InChI=1S/C25H23F9N2O5/c1-14(12-40-13-37)35-6-5-21(19-10-18(3-4-20(19)35)41-25(32,33)34)36(22(38)39-2)11-15-7-16(23(26,27)28)9-17(8-15)24(29,30)31/h3-4,7-10,13-14,21H,5-6,11-12H2,1-2H3. The molecule has 226 valence electrons. The summed E-state index contributed by atoms with van der Waals surface area (Å²) in [6, 6.07) is 2.39. The van der Waals surface area contributed by atoms with Gasteiger partial charge in [-0.3, -0.25) is 9.69 Å². The summed E-state index contributed by atoms with van der Waals surface area (Å²) in [5.74, 6) is -0.678. The van der Waals surface area contributed by atoms with E-state index in [9.17, 15) is 49.1 Å². The molecule has 0 spiro atoms. The second-order valence-corrected chi connectivity index (χ2v) is 9.06. The second kappa shape index (κ2) is 11.9. The molecule has 0 aromatic heterocycles. The third-order valence-corrected chi connectivity index (χ3v) is 6.27. The van der Waals surface area contributed by atoms with Crippen LogP contribution in [-0.2, 0) is 33.2 Å². The van der Waals surface area contributed by atoms with E-state index in [4.69, 9.17) is 9.47 Å². The van der Waals surface area contributed by atoms with Crippen molar-refractivity contribution in [2.45, 2.75) is 50.7 Å². The average molecular weight is 602 g/mol. The highest BCUT2D eigenvalue weighted by Gasteiger charge is 2.39. The monoisotopic (exact) mass is 602 g/mol. The highest BCUT2D eigenvalue weighted by atomic mass is 19.4. The lowest BCUT2D eigenvalue weighted by molar-refractivity contribution is -0.274. The van der Waals surface area contributed by atoms with Crippen LogP contribution < -0.4 is 9.64 Å². The summed E-state index contributed by atoms with van der Waals surface area (Å²) < 4.78 is 133. The Hall–Kier alpha value is -3.85. The van der Waals surface area contributed by atoms with E-state index in [1.165, 1.54) is 6.07 Å². The lowest BCUT2D eigenvalue weighted by Gasteiger charge is -2.42. The highest BCUT2D eigenvalue weighted by Crippen LogP contribution is 2.43. The molecule has 1 heterocycles. The first-order chi connectivity index (χ1) is 18.9. The number of halogens is 9. The molecule has 0 saturated carbocycles. The normalized spacial score (nSPS) is 16.5. The van der Waals surface area contributed by atoms with Gasteiger partial charge >= 0.3 is 24.8 Å². The van der Waals surface area contributed by atoms with Gasteiger partial charge in [-0.1, -0.05) is 0 Å². The molecule has 0 radical (unpaired) electrons. The van der Waals surface area contributed by atoms with E-state index in [0.29, 0.717) is 12.1 Å². The van der Waals surface area contributed by atoms with Crippen LogP contribution in [0, 0.1) is 0 Å². The number of carbonyl (C=O) groups excluding carboxylic acids is 2. The first-order valence-corrected chi connectivity index (χ1v) is 11.8. The predicted octanol–water partition coefficient (Wildman–Crippen LogP) is 6.70. The molecule has 0 saturated heterocycles. The van der Waals surface area contributed by atoms with E-state index in [2.05, 4.69) is 4.74 Å². The lowest BCUT2D eigenvalue weighted by atomic mass is 9.93. The molecule has 1 aliphatic rings. The fourth-order valence-electron chi connectivity index (χ4n) is 4.57. The van der Waals surface area contributed by atoms with Gasteiger partial charge in [0, 0.05) is 24.3 Å². The quantitative estimate of drug-likeness (QED) is 0.248. The molecule has 3 rings (SSSR count). The molecule has 2 aromatic rings. The number of methoxy groups -OCH3 is 1. The fourth-order valence-corrected chi connectivity index (χ4v) is 4.57. The molecule has 0 bridgehead atoms. The summed E-state index contributed by atoms with van der Waals surface area (Å²) in [4.78, 5) is 26.0. The largest absolute Gasteiger partial charge is 0.573 e. The molecule has 0 N–H and O–H groups in total. The zero-order valence-electron chi connectivity index (χ0n) is 21.4. The Balaban J connectivity index is 2.12. The van der Waals surface area contributed by atoms with Gasteiger partial charge in [0.1, 0.15) is 12.4 Å². The third kappa shape index (κ3) is 7.88. The van der Waals surface area contributed by atoms with Gasteiger partial charge in [0.25, 0.3) is 6.47 Å². The van der Waals surface area contributed by atoms with Crippen LogP contribution in [0.15, 0.2) is 36.4 Å². The molecule has 1 amide bonds. The highest BCUT2D eigenvalue weighted by molar-refractivity contribution is 5.70. The maximum Gasteiger partial charge on any atom is 0.573 e. The Bertz CT molecular complexity index is 1220. The lowest BCUT2D eigenvalue weighted by Crippen LogP contribution is -2.45. The number of hydrogen-bond acceptors (Lipinski definition) is 6. The molecule has 1 aliphatic heterocycles. The average Bonchev–Trinajstić information content (AvgIpc) is 2.87. The minimum Gasteiger partial charge on any atom is -0.466 e. The minimum atomic E-state index is -5.15. The molecular formula is C25H23F9N2O5. The van der Waals surface area contributed by atoms with Crippen LogP contribution in [0.2, 0.25) is 0 Å². The first-order valence-electron chi connectivity index (χ1n) is 11.8. The molecule has 2 aromatic carbocycles. The number of amides is 1. The smallest absolute Gasteiger partial charge is 0.466 e. The number of hydrogen-bond donors (Lipinski definition) is 0. The molecule has 7 nitrogen and oxygen atoms in total. The number of alkyl halides is 9. The Morgan fingerprint density at radius 1 is 1.02 bits per heavy atom. The van der Waals surface area contributed by atoms with Gasteiger partial charge < -0.3 is 19.1 Å². The number of ether oxygens (including phenoxy) is 3. The van der Waals surface area contributed by atoms with Gasteiger partial charge in [-0.15, -0.1) is 13.2 Å². The summed E-state index contributed by atoms with van der Waals surface area (Å²) in [7, 11) is 0.931.